The molecule has 0 N–H and O–H groups in total. The maximum atomic E-state index is 10.8. The molecule has 0 radical (unpaired) electrons. The molecule has 0 aromatic carbocycles. The molecule has 0 atom stereocenters. The molecule has 0 amide bonds. The molecule has 0 rings (SSSR count). The Morgan fingerprint density at radius 1 is 1.30 bits per heavy atom. The quantitative estimate of drug-likeness (QED) is 0.428. The van der Waals surface area contributed by atoms with Gasteiger partial charge in [-0.2, -0.15) is 0 Å². The highest BCUT2D eigenvalue weighted by atomic mass is 28.3. The summed E-state index contributed by atoms with van der Waals surface area (Å²) in [4.78, 5) is 21.7. The molecule has 54 valence electrons. The molecule has 0 spiro atoms. The molecule has 0 bridgehead atoms. The first-order chi connectivity index (χ1) is 4.45. The minimum atomic E-state index is -2.63. The van der Waals surface area contributed by atoms with Crippen molar-refractivity contribution in [1.29, 1.82) is 0 Å². The smallest absolute Gasteiger partial charge is 0.278 e. The third-order valence-electron chi connectivity index (χ3n) is 1.70. The van der Waals surface area contributed by atoms with Crippen LogP contribution in [0.1, 0.15) is 13.8 Å². The number of carbonyl (C=O) groups excluding carboxylic acids is 2. The van der Waals surface area contributed by atoms with Crippen LogP contribution in [0.4, 0.5) is 0 Å². The SMILES string of the molecule is C#C[Si](C)(C(C)=O)C(C)=O. The Balaban J connectivity index is 4.78. The van der Waals surface area contributed by atoms with E-state index >= 15 is 0 Å². The second kappa shape index (κ2) is 2.80. The van der Waals surface area contributed by atoms with Crippen molar-refractivity contribution in [1.82, 2.24) is 0 Å². The minimum Gasteiger partial charge on any atom is -0.304 e. The van der Waals surface area contributed by atoms with Gasteiger partial charge in [-0.15, -0.1) is 12.0 Å². The lowest BCUT2D eigenvalue weighted by molar-refractivity contribution is -0.114. The molecule has 0 saturated heterocycles. The van der Waals surface area contributed by atoms with Gasteiger partial charge in [0.25, 0.3) is 8.07 Å². The van der Waals surface area contributed by atoms with Crippen molar-refractivity contribution in [2.45, 2.75) is 20.4 Å². The molecular formula is C7H10O2Si. The predicted molar refractivity (Wildman–Crippen MR) is 41.8 cm³/mol. The zero-order valence-corrected chi connectivity index (χ0v) is 7.39. The molecule has 0 aromatic heterocycles. The van der Waals surface area contributed by atoms with Gasteiger partial charge in [-0.25, -0.2) is 0 Å². The molecule has 0 saturated carbocycles. The van der Waals surface area contributed by atoms with Gasteiger partial charge in [0.2, 0.25) is 0 Å². The van der Waals surface area contributed by atoms with E-state index in [0.717, 1.165) is 0 Å². The maximum absolute atomic E-state index is 10.8. The third kappa shape index (κ3) is 1.34. The van der Waals surface area contributed by atoms with Crippen molar-refractivity contribution >= 4 is 18.9 Å². The second-order valence-corrected chi connectivity index (χ2v) is 6.33. The monoisotopic (exact) mass is 154 g/mol. The number of rotatable bonds is 2. The Labute approximate surface area is 61.6 Å². The zero-order valence-electron chi connectivity index (χ0n) is 6.39. The molecular weight excluding hydrogens is 144 g/mol. The van der Waals surface area contributed by atoms with E-state index in [0.29, 0.717) is 0 Å². The van der Waals surface area contributed by atoms with Gasteiger partial charge in [-0.05, 0) is 20.4 Å². The Kier molecular flexibility index (Phi) is 2.55. The summed E-state index contributed by atoms with van der Waals surface area (Å²) in [7, 11) is -2.63. The van der Waals surface area contributed by atoms with Crippen molar-refractivity contribution in [2.24, 2.45) is 0 Å². The van der Waals surface area contributed by atoms with E-state index in [2.05, 4.69) is 5.54 Å². The fourth-order valence-electron chi connectivity index (χ4n) is 0.451. The van der Waals surface area contributed by atoms with Crippen LogP contribution in [0.25, 0.3) is 0 Å². The van der Waals surface area contributed by atoms with Gasteiger partial charge in [0, 0.05) is 0 Å². The van der Waals surface area contributed by atoms with Crippen LogP contribution in [0.3, 0.4) is 0 Å². The van der Waals surface area contributed by atoms with Crippen molar-refractivity contribution in [2.75, 3.05) is 0 Å². The fourth-order valence-corrected chi connectivity index (χ4v) is 1.35. The number of hydrogen-bond donors (Lipinski definition) is 0. The molecule has 0 fully saturated rings. The topological polar surface area (TPSA) is 34.1 Å². The standard InChI is InChI=1S/C7H10O2Si/c1-5-10(4,6(2)8)7(3)9/h1H,2-4H3. The Bertz CT molecular complexity index is 198. The van der Waals surface area contributed by atoms with Gasteiger partial charge >= 0.3 is 0 Å². The Hall–Kier alpha value is -0.883. The molecule has 0 aliphatic carbocycles. The Morgan fingerprint density at radius 2 is 1.60 bits per heavy atom. The van der Waals surface area contributed by atoms with Crippen LogP contribution >= 0.6 is 0 Å². The van der Waals surface area contributed by atoms with Gasteiger partial charge in [0.05, 0.1) is 0 Å². The van der Waals surface area contributed by atoms with Crippen LogP contribution in [-0.4, -0.2) is 18.9 Å². The maximum Gasteiger partial charge on any atom is 0.278 e. The van der Waals surface area contributed by atoms with Crippen LogP contribution < -0.4 is 0 Å². The highest BCUT2D eigenvalue weighted by molar-refractivity contribution is 7.28. The highest BCUT2D eigenvalue weighted by Crippen LogP contribution is 2.02. The summed E-state index contributed by atoms with van der Waals surface area (Å²) in [6.07, 6.45) is 5.08. The fraction of sp³-hybridized carbons (Fsp3) is 0.429. The van der Waals surface area contributed by atoms with E-state index in [9.17, 15) is 9.59 Å². The van der Waals surface area contributed by atoms with Gasteiger partial charge in [-0.3, -0.25) is 0 Å². The van der Waals surface area contributed by atoms with Crippen LogP contribution in [-0.2, 0) is 9.59 Å². The third-order valence-corrected chi connectivity index (χ3v) is 5.09. The average Bonchev–Trinajstić information content (AvgIpc) is 1.85. The van der Waals surface area contributed by atoms with E-state index in [1.165, 1.54) is 13.8 Å². The molecule has 0 aromatic rings. The number of hydrogen-bond acceptors (Lipinski definition) is 2. The average molecular weight is 154 g/mol. The summed E-state index contributed by atoms with van der Waals surface area (Å²) >= 11 is 0. The van der Waals surface area contributed by atoms with E-state index in [1.807, 2.05) is 0 Å². The molecule has 0 unspecified atom stereocenters. The first kappa shape index (κ1) is 9.12. The van der Waals surface area contributed by atoms with E-state index in [4.69, 9.17) is 6.42 Å². The van der Waals surface area contributed by atoms with E-state index in [1.54, 1.807) is 6.55 Å². The van der Waals surface area contributed by atoms with Crippen LogP contribution in [0, 0.1) is 12.0 Å². The van der Waals surface area contributed by atoms with Crippen LogP contribution in [0.15, 0.2) is 0 Å². The van der Waals surface area contributed by atoms with Gasteiger partial charge in [-0.1, -0.05) is 0 Å². The highest BCUT2D eigenvalue weighted by Gasteiger charge is 2.36. The first-order valence-electron chi connectivity index (χ1n) is 2.95. The first-order valence-corrected chi connectivity index (χ1v) is 5.45. The summed E-state index contributed by atoms with van der Waals surface area (Å²) < 4.78 is 0. The summed E-state index contributed by atoms with van der Waals surface area (Å²) in [6, 6.07) is 0. The van der Waals surface area contributed by atoms with Crippen molar-refractivity contribution in [3.05, 3.63) is 0 Å². The molecule has 3 heteroatoms. The molecule has 2 nitrogen and oxygen atoms in total. The van der Waals surface area contributed by atoms with Gasteiger partial charge < -0.3 is 9.59 Å². The summed E-state index contributed by atoms with van der Waals surface area (Å²) in [5.41, 5.74) is 2.32. The lowest BCUT2D eigenvalue weighted by atomic mass is 10.9. The normalized spacial score (nSPS) is 10.2. The lowest BCUT2D eigenvalue weighted by Crippen LogP contribution is -2.45. The Morgan fingerprint density at radius 3 is 1.60 bits per heavy atom. The minimum absolute atomic E-state index is 0.137. The van der Waals surface area contributed by atoms with E-state index in [-0.39, 0.29) is 10.8 Å². The summed E-state index contributed by atoms with van der Waals surface area (Å²) in [5, 5.41) is -0.273. The van der Waals surface area contributed by atoms with Crippen molar-refractivity contribution < 1.29 is 9.59 Å². The second-order valence-electron chi connectivity index (χ2n) is 2.38. The molecule has 0 aliphatic rings. The summed E-state index contributed by atoms with van der Waals surface area (Å²) in [6.45, 7) is 4.36. The zero-order chi connectivity index (χ0) is 8.36. The predicted octanol–water partition coefficient (Wildman–Crippen LogP) is 0.494. The molecule has 10 heavy (non-hydrogen) atoms. The largest absolute Gasteiger partial charge is 0.304 e. The number of carbonyl (C=O) groups is 2. The molecule has 0 aliphatic heterocycles. The van der Waals surface area contributed by atoms with Crippen molar-refractivity contribution in [3.8, 4) is 12.0 Å². The van der Waals surface area contributed by atoms with Crippen LogP contribution in [0.5, 0.6) is 0 Å². The summed E-state index contributed by atoms with van der Waals surface area (Å²) in [5.74, 6) is 0. The molecule has 0 heterocycles. The van der Waals surface area contributed by atoms with Crippen molar-refractivity contribution in [3.63, 3.8) is 0 Å². The van der Waals surface area contributed by atoms with Gasteiger partial charge in [0.15, 0.2) is 0 Å². The van der Waals surface area contributed by atoms with E-state index < -0.39 is 8.07 Å². The lowest BCUT2D eigenvalue weighted by Gasteiger charge is -2.10. The van der Waals surface area contributed by atoms with Crippen LogP contribution in [0.2, 0.25) is 6.55 Å². The number of terminal acetylenes is 1. The van der Waals surface area contributed by atoms with Gasteiger partial charge in [0.1, 0.15) is 10.8 Å².